The number of likely N-dealkylation sites (tertiary alicyclic amines) is 2. The van der Waals surface area contributed by atoms with Crippen LogP contribution in [-0.2, 0) is 16.0 Å². The van der Waals surface area contributed by atoms with E-state index in [9.17, 15) is 14.7 Å². The van der Waals surface area contributed by atoms with Crippen molar-refractivity contribution in [3.8, 4) is 0 Å². The summed E-state index contributed by atoms with van der Waals surface area (Å²) in [5.41, 5.74) is 6.17. The summed E-state index contributed by atoms with van der Waals surface area (Å²) in [7, 11) is 0. The number of aryl methyl sites for hydroxylation is 1. The zero-order valence-electron chi connectivity index (χ0n) is 15.3. The molecule has 144 valence electrons. The Hall–Kier alpha value is -1.93. The van der Waals surface area contributed by atoms with E-state index in [-0.39, 0.29) is 23.7 Å². The molecule has 0 aromatic carbocycles. The lowest BCUT2D eigenvalue weighted by atomic mass is 9.96. The number of aliphatic hydroxyl groups excluding tert-OH is 1. The van der Waals surface area contributed by atoms with Gasteiger partial charge in [-0.1, -0.05) is 5.16 Å². The fourth-order valence-corrected chi connectivity index (χ4v) is 3.88. The van der Waals surface area contributed by atoms with E-state index in [4.69, 9.17) is 10.3 Å². The number of β-amino-alcohol motifs (C(OH)–C–C–N with tert-alkyl or cyclic N) is 1. The van der Waals surface area contributed by atoms with Gasteiger partial charge in [-0.3, -0.25) is 9.59 Å². The molecule has 2 aliphatic rings. The van der Waals surface area contributed by atoms with Gasteiger partial charge in [-0.15, -0.1) is 0 Å². The minimum atomic E-state index is -0.532. The van der Waals surface area contributed by atoms with E-state index in [0.717, 1.165) is 37.4 Å². The smallest absolute Gasteiger partial charge is 0.223 e. The number of hydrogen-bond donors (Lipinski definition) is 2. The van der Waals surface area contributed by atoms with Gasteiger partial charge in [0.15, 0.2) is 0 Å². The molecule has 8 heteroatoms. The quantitative estimate of drug-likeness (QED) is 0.731. The fourth-order valence-electron chi connectivity index (χ4n) is 3.88. The van der Waals surface area contributed by atoms with Gasteiger partial charge in [0.25, 0.3) is 0 Å². The summed E-state index contributed by atoms with van der Waals surface area (Å²) in [5, 5.41) is 14.1. The molecule has 2 fully saturated rings. The lowest BCUT2D eigenvalue weighted by Gasteiger charge is -2.30. The lowest BCUT2D eigenvalue weighted by molar-refractivity contribution is -0.131. The third-order valence-electron chi connectivity index (χ3n) is 5.53. The molecule has 2 saturated heterocycles. The Labute approximate surface area is 153 Å². The van der Waals surface area contributed by atoms with Crippen LogP contribution in [0.25, 0.3) is 0 Å². The average molecular weight is 364 g/mol. The van der Waals surface area contributed by atoms with Gasteiger partial charge in [-0.05, 0) is 32.9 Å². The van der Waals surface area contributed by atoms with E-state index in [2.05, 4.69) is 10.1 Å². The van der Waals surface area contributed by atoms with Gasteiger partial charge in [-0.25, -0.2) is 0 Å². The molecule has 3 heterocycles. The van der Waals surface area contributed by atoms with Crippen molar-refractivity contribution >= 4 is 11.8 Å². The first kappa shape index (κ1) is 18.8. The molecule has 26 heavy (non-hydrogen) atoms. The van der Waals surface area contributed by atoms with Gasteiger partial charge in [0, 0.05) is 50.4 Å². The maximum absolute atomic E-state index is 12.5. The number of aliphatic hydroxyl groups is 1. The summed E-state index contributed by atoms with van der Waals surface area (Å²) in [6.45, 7) is 5.07. The van der Waals surface area contributed by atoms with E-state index >= 15 is 0 Å². The van der Waals surface area contributed by atoms with Crippen LogP contribution in [0.4, 0.5) is 0 Å². The standard InChI is InChI=1S/C18H28N4O4/c1-12-8-15(26-20-12)9-14-10-22(11-16(14)23)17(24)4-7-21-5-2-13(3-6-21)18(19)25/h8,13-14,16,23H,2-7,9-11H2,1H3,(H2,19,25)/t14-,16+/m1/s1. The number of nitrogens with zero attached hydrogens (tertiary/aromatic N) is 3. The van der Waals surface area contributed by atoms with Crippen LogP contribution in [0.5, 0.6) is 0 Å². The third kappa shape index (κ3) is 4.62. The maximum atomic E-state index is 12.5. The number of carbonyl (C=O) groups is 2. The summed E-state index contributed by atoms with van der Waals surface area (Å²) in [6.07, 6.45) is 2.03. The molecule has 0 spiro atoms. The summed E-state index contributed by atoms with van der Waals surface area (Å²) in [4.78, 5) is 27.6. The first-order valence-electron chi connectivity index (χ1n) is 9.32. The van der Waals surface area contributed by atoms with Crippen molar-refractivity contribution in [2.24, 2.45) is 17.6 Å². The highest BCUT2D eigenvalue weighted by atomic mass is 16.5. The number of aromatic nitrogens is 1. The van der Waals surface area contributed by atoms with Gasteiger partial charge in [-0.2, -0.15) is 0 Å². The number of amides is 2. The third-order valence-corrected chi connectivity index (χ3v) is 5.53. The average Bonchev–Trinajstić information content (AvgIpc) is 3.19. The molecule has 8 nitrogen and oxygen atoms in total. The Morgan fingerprint density at radius 3 is 2.69 bits per heavy atom. The summed E-state index contributed by atoms with van der Waals surface area (Å²) in [5.74, 6) is 0.545. The molecule has 2 amide bonds. The molecule has 0 bridgehead atoms. The second-order valence-electron chi connectivity index (χ2n) is 7.53. The number of piperidine rings is 1. The van der Waals surface area contributed by atoms with E-state index in [1.54, 1.807) is 4.90 Å². The van der Waals surface area contributed by atoms with E-state index in [1.165, 1.54) is 0 Å². The first-order chi connectivity index (χ1) is 12.4. The Morgan fingerprint density at radius 1 is 1.35 bits per heavy atom. The second kappa shape index (κ2) is 8.18. The van der Waals surface area contributed by atoms with Crippen molar-refractivity contribution in [1.29, 1.82) is 0 Å². The van der Waals surface area contributed by atoms with Crippen LogP contribution in [0.2, 0.25) is 0 Å². The first-order valence-corrected chi connectivity index (χ1v) is 9.32. The Kier molecular flexibility index (Phi) is 5.93. The Morgan fingerprint density at radius 2 is 2.08 bits per heavy atom. The van der Waals surface area contributed by atoms with E-state index in [1.807, 2.05) is 13.0 Å². The van der Waals surface area contributed by atoms with Crippen LogP contribution >= 0.6 is 0 Å². The van der Waals surface area contributed by atoms with Gasteiger partial charge < -0.3 is 25.2 Å². The number of primary amides is 1. The molecule has 2 atom stereocenters. The normalized spacial score (nSPS) is 24.9. The van der Waals surface area contributed by atoms with Crippen LogP contribution in [0.3, 0.4) is 0 Å². The summed E-state index contributed by atoms with van der Waals surface area (Å²) >= 11 is 0. The monoisotopic (exact) mass is 364 g/mol. The van der Waals surface area contributed by atoms with Gasteiger partial charge >= 0.3 is 0 Å². The van der Waals surface area contributed by atoms with Gasteiger partial charge in [0.1, 0.15) is 5.76 Å². The highest BCUT2D eigenvalue weighted by Crippen LogP contribution is 2.23. The van der Waals surface area contributed by atoms with Crippen molar-refractivity contribution in [2.45, 2.75) is 38.7 Å². The Bertz CT molecular complexity index is 639. The van der Waals surface area contributed by atoms with Crippen molar-refractivity contribution < 1.29 is 19.2 Å². The molecule has 0 unspecified atom stereocenters. The zero-order chi connectivity index (χ0) is 18.7. The molecular formula is C18H28N4O4. The molecule has 3 N–H and O–H groups in total. The SMILES string of the molecule is Cc1cc(C[C@@H]2CN(C(=O)CCN3CCC(C(N)=O)CC3)C[C@@H]2O)on1. The van der Waals surface area contributed by atoms with Crippen LogP contribution in [0.15, 0.2) is 10.6 Å². The van der Waals surface area contributed by atoms with Crippen LogP contribution in [0.1, 0.15) is 30.7 Å². The lowest BCUT2D eigenvalue weighted by Crippen LogP contribution is -2.40. The molecule has 1 aromatic heterocycles. The van der Waals surface area contributed by atoms with Crippen LogP contribution < -0.4 is 5.73 Å². The fraction of sp³-hybridized carbons (Fsp3) is 0.722. The topological polar surface area (TPSA) is 113 Å². The minimum Gasteiger partial charge on any atom is -0.391 e. The molecule has 2 aliphatic heterocycles. The van der Waals surface area contributed by atoms with Crippen molar-refractivity contribution in [1.82, 2.24) is 15.0 Å². The van der Waals surface area contributed by atoms with Crippen LogP contribution in [0, 0.1) is 18.8 Å². The van der Waals surface area contributed by atoms with Crippen LogP contribution in [-0.4, -0.2) is 70.7 Å². The van der Waals surface area contributed by atoms with Gasteiger partial charge in [0.2, 0.25) is 11.8 Å². The van der Waals surface area contributed by atoms with E-state index in [0.29, 0.717) is 32.5 Å². The predicted molar refractivity (Wildman–Crippen MR) is 94.0 cm³/mol. The highest BCUT2D eigenvalue weighted by molar-refractivity contribution is 5.77. The molecule has 1 aromatic rings. The van der Waals surface area contributed by atoms with E-state index < -0.39 is 6.10 Å². The van der Waals surface area contributed by atoms with Crippen molar-refractivity contribution in [3.63, 3.8) is 0 Å². The molecule has 0 saturated carbocycles. The number of carbonyl (C=O) groups excluding carboxylic acids is 2. The van der Waals surface area contributed by atoms with Gasteiger partial charge in [0.05, 0.1) is 11.8 Å². The largest absolute Gasteiger partial charge is 0.391 e. The Balaban J connectivity index is 1.42. The molecule has 3 rings (SSSR count). The van der Waals surface area contributed by atoms with Crippen molar-refractivity contribution in [2.75, 3.05) is 32.7 Å². The predicted octanol–water partition coefficient (Wildman–Crippen LogP) is -0.0678. The zero-order valence-corrected chi connectivity index (χ0v) is 15.3. The van der Waals surface area contributed by atoms with Crippen molar-refractivity contribution in [3.05, 3.63) is 17.5 Å². The minimum absolute atomic E-state index is 0.0161. The second-order valence-corrected chi connectivity index (χ2v) is 7.53. The summed E-state index contributed by atoms with van der Waals surface area (Å²) in [6, 6.07) is 1.87. The molecular weight excluding hydrogens is 336 g/mol. The molecule has 0 aliphatic carbocycles. The number of hydrogen-bond acceptors (Lipinski definition) is 6. The molecule has 0 radical (unpaired) electrons. The number of nitrogens with two attached hydrogens (primary N) is 1. The number of rotatable bonds is 6. The highest BCUT2D eigenvalue weighted by Gasteiger charge is 2.34. The summed E-state index contributed by atoms with van der Waals surface area (Å²) < 4.78 is 5.22. The maximum Gasteiger partial charge on any atom is 0.223 e.